The van der Waals surface area contributed by atoms with Crippen molar-refractivity contribution in [1.82, 2.24) is 14.9 Å². The number of nitrogens with zero attached hydrogens (tertiary/aromatic N) is 2. The van der Waals surface area contributed by atoms with E-state index in [2.05, 4.69) is 41.2 Å². The van der Waals surface area contributed by atoms with Crippen LogP contribution >= 0.6 is 11.8 Å². The Morgan fingerprint density at radius 1 is 1.28 bits per heavy atom. The molecule has 1 aliphatic rings. The van der Waals surface area contributed by atoms with Crippen LogP contribution in [-0.4, -0.2) is 39.1 Å². The van der Waals surface area contributed by atoms with Gasteiger partial charge in [-0.1, -0.05) is 18.2 Å². The van der Waals surface area contributed by atoms with Gasteiger partial charge in [0, 0.05) is 35.0 Å². The van der Waals surface area contributed by atoms with Gasteiger partial charge in [-0.05, 0) is 38.3 Å². The molecule has 1 aromatic heterocycles. The Morgan fingerprint density at radius 2 is 2.00 bits per heavy atom. The summed E-state index contributed by atoms with van der Waals surface area (Å²) >= 11 is 1.91. The van der Waals surface area contributed by atoms with Crippen LogP contribution < -0.4 is 5.56 Å². The Balaban J connectivity index is 1.54. The first-order valence-corrected chi connectivity index (χ1v) is 9.46. The number of carbonyl (C=O) groups is 1. The van der Waals surface area contributed by atoms with Crippen LogP contribution in [0.25, 0.3) is 0 Å². The lowest BCUT2D eigenvalue weighted by Gasteiger charge is -2.32. The maximum Gasteiger partial charge on any atom is 0.254 e. The van der Waals surface area contributed by atoms with Crippen molar-refractivity contribution in [3.63, 3.8) is 0 Å². The van der Waals surface area contributed by atoms with Gasteiger partial charge < -0.3 is 9.88 Å². The number of hydrogen-bond acceptors (Lipinski definition) is 4. The van der Waals surface area contributed by atoms with Crippen molar-refractivity contribution in [2.24, 2.45) is 0 Å². The molecule has 5 nitrogen and oxygen atoms in total. The van der Waals surface area contributed by atoms with Gasteiger partial charge >= 0.3 is 0 Å². The zero-order chi connectivity index (χ0) is 17.8. The quantitative estimate of drug-likeness (QED) is 0.914. The van der Waals surface area contributed by atoms with Gasteiger partial charge in [-0.25, -0.2) is 4.98 Å². The highest BCUT2D eigenvalue weighted by molar-refractivity contribution is 8.00. The largest absolute Gasteiger partial charge is 0.342 e. The van der Waals surface area contributed by atoms with E-state index in [1.807, 2.05) is 16.7 Å². The van der Waals surface area contributed by atoms with E-state index in [1.165, 1.54) is 16.7 Å². The van der Waals surface area contributed by atoms with Crippen LogP contribution in [0.15, 0.2) is 40.2 Å². The molecule has 1 aliphatic heterocycles. The van der Waals surface area contributed by atoms with Gasteiger partial charge in [-0.15, -0.1) is 11.8 Å². The molecule has 2 aromatic rings. The number of benzene rings is 1. The second-order valence-corrected chi connectivity index (χ2v) is 7.81. The molecule has 1 fully saturated rings. The number of hydrogen-bond donors (Lipinski definition) is 1. The number of nitrogens with one attached hydrogen (secondary N) is 1. The lowest BCUT2D eigenvalue weighted by molar-refractivity contribution is -0.131. The summed E-state index contributed by atoms with van der Waals surface area (Å²) in [6, 6.07) is 8.42. The number of aryl methyl sites for hydroxylation is 2. The maximum absolute atomic E-state index is 12.5. The van der Waals surface area contributed by atoms with Gasteiger partial charge in [0.15, 0.2) is 0 Å². The minimum atomic E-state index is -0.217. The number of carbonyl (C=O) groups excluding carboxylic acids is 1. The fourth-order valence-corrected chi connectivity index (χ4v) is 4.22. The number of rotatable bonds is 4. The topological polar surface area (TPSA) is 66.1 Å². The first kappa shape index (κ1) is 17.7. The van der Waals surface area contributed by atoms with Crippen LogP contribution in [0, 0.1) is 13.8 Å². The summed E-state index contributed by atoms with van der Waals surface area (Å²) in [6.07, 6.45) is 3.59. The molecule has 0 atom stereocenters. The minimum Gasteiger partial charge on any atom is -0.342 e. The number of thioether (sulfide) groups is 1. The van der Waals surface area contributed by atoms with Crippen LogP contribution in [-0.2, 0) is 11.2 Å². The van der Waals surface area contributed by atoms with Crippen molar-refractivity contribution in [2.45, 2.75) is 43.3 Å². The fraction of sp³-hybridized carbons (Fsp3) is 0.421. The zero-order valence-corrected chi connectivity index (χ0v) is 15.4. The molecule has 0 unspecified atom stereocenters. The molecule has 1 N–H and O–H groups in total. The van der Waals surface area contributed by atoms with E-state index in [-0.39, 0.29) is 17.9 Å². The molecule has 3 rings (SSSR count). The van der Waals surface area contributed by atoms with Crippen LogP contribution in [0.1, 0.15) is 29.8 Å². The molecule has 1 aromatic carbocycles. The lowest BCUT2D eigenvalue weighted by atomic mass is 10.1. The number of amides is 1. The molecule has 0 radical (unpaired) electrons. The van der Waals surface area contributed by atoms with E-state index in [1.54, 1.807) is 6.92 Å². The number of aromatic nitrogens is 2. The van der Waals surface area contributed by atoms with Gasteiger partial charge in [0.05, 0.1) is 6.42 Å². The highest BCUT2D eigenvalue weighted by Crippen LogP contribution is 2.32. The number of piperidine rings is 1. The summed E-state index contributed by atoms with van der Waals surface area (Å²) in [5.41, 5.74) is 1.52. The molecule has 6 heteroatoms. The van der Waals surface area contributed by atoms with E-state index in [0.29, 0.717) is 16.6 Å². The minimum absolute atomic E-state index is 0.00972. The number of aromatic amines is 1. The maximum atomic E-state index is 12.5. The average Bonchev–Trinajstić information content (AvgIpc) is 2.60. The second-order valence-electron chi connectivity index (χ2n) is 6.46. The summed E-state index contributed by atoms with van der Waals surface area (Å²) in [7, 11) is 0. The van der Waals surface area contributed by atoms with Gasteiger partial charge in [-0.3, -0.25) is 9.59 Å². The molecule has 1 saturated heterocycles. The monoisotopic (exact) mass is 357 g/mol. The first-order valence-electron chi connectivity index (χ1n) is 8.58. The Kier molecular flexibility index (Phi) is 5.58. The van der Waals surface area contributed by atoms with Crippen LogP contribution in [0.3, 0.4) is 0 Å². The third kappa shape index (κ3) is 4.51. The van der Waals surface area contributed by atoms with Gasteiger partial charge in [0.2, 0.25) is 5.91 Å². The molecule has 0 spiro atoms. The van der Waals surface area contributed by atoms with E-state index >= 15 is 0 Å². The molecular weight excluding hydrogens is 334 g/mol. The number of likely N-dealkylation sites (tertiary alicyclic amines) is 1. The zero-order valence-electron chi connectivity index (χ0n) is 14.6. The van der Waals surface area contributed by atoms with Crippen molar-refractivity contribution in [3.8, 4) is 0 Å². The molecule has 0 saturated carbocycles. The molecule has 132 valence electrons. The molecule has 0 bridgehead atoms. The summed E-state index contributed by atoms with van der Waals surface area (Å²) in [5, 5.41) is 0.537. The summed E-state index contributed by atoms with van der Waals surface area (Å²) < 4.78 is 0. The highest BCUT2D eigenvalue weighted by atomic mass is 32.2. The Labute approximate surface area is 151 Å². The third-order valence-corrected chi connectivity index (χ3v) is 6.04. The van der Waals surface area contributed by atoms with Crippen LogP contribution in [0.2, 0.25) is 0 Å². The highest BCUT2D eigenvalue weighted by Gasteiger charge is 2.24. The lowest BCUT2D eigenvalue weighted by Crippen LogP contribution is -2.40. The smallest absolute Gasteiger partial charge is 0.254 e. The molecule has 25 heavy (non-hydrogen) atoms. The Morgan fingerprint density at radius 3 is 2.68 bits per heavy atom. The van der Waals surface area contributed by atoms with Gasteiger partial charge in [0.1, 0.15) is 5.82 Å². The van der Waals surface area contributed by atoms with Crippen molar-refractivity contribution < 1.29 is 4.79 Å². The Hall–Kier alpha value is -2.08. The average molecular weight is 357 g/mol. The third-order valence-electron chi connectivity index (χ3n) is 4.52. The number of H-pyrrole nitrogens is 1. The van der Waals surface area contributed by atoms with Gasteiger partial charge in [-0.2, -0.15) is 0 Å². The SMILES string of the molecule is Cc1ncc(CC(=O)N2CCC(Sc3ccccc3C)CC2)c(=O)[nH]1. The predicted molar refractivity (Wildman–Crippen MR) is 99.9 cm³/mol. The molecular formula is C19H23N3O2S. The van der Waals surface area contributed by atoms with Crippen molar-refractivity contribution in [2.75, 3.05) is 13.1 Å². The normalized spacial score (nSPS) is 15.4. The van der Waals surface area contributed by atoms with Crippen molar-refractivity contribution in [3.05, 3.63) is 57.8 Å². The summed E-state index contributed by atoms with van der Waals surface area (Å²) in [6.45, 7) is 5.36. The molecule has 0 aliphatic carbocycles. The first-order chi connectivity index (χ1) is 12.0. The standard InChI is InChI=1S/C19H23N3O2S/c1-13-5-3-4-6-17(13)25-16-7-9-22(10-8-16)18(23)11-15-12-20-14(2)21-19(15)24/h3-6,12,16H,7-11H2,1-2H3,(H,20,21,24). The van der Waals surface area contributed by atoms with Crippen molar-refractivity contribution in [1.29, 1.82) is 0 Å². The predicted octanol–water partition coefficient (Wildman–Crippen LogP) is 2.71. The second kappa shape index (κ2) is 7.87. The fourth-order valence-electron chi connectivity index (χ4n) is 3.00. The summed E-state index contributed by atoms with van der Waals surface area (Å²) in [5.74, 6) is 0.575. The van der Waals surface area contributed by atoms with Crippen LogP contribution in [0.5, 0.6) is 0 Å². The van der Waals surface area contributed by atoms with Crippen molar-refractivity contribution >= 4 is 17.7 Å². The molecule has 2 heterocycles. The van der Waals surface area contributed by atoms with E-state index in [0.717, 1.165) is 25.9 Å². The molecule has 1 amide bonds. The summed E-state index contributed by atoms with van der Waals surface area (Å²) in [4.78, 5) is 34.3. The Bertz CT molecular complexity index is 810. The van der Waals surface area contributed by atoms with Gasteiger partial charge in [0.25, 0.3) is 5.56 Å². The van der Waals surface area contributed by atoms with Crippen LogP contribution in [0.4, 0.5) is 0 Å². The van der Waals surface area contributed by atoms with E-state index < -0.39 is 0 Å². The van der Waals surface area contributed by atoms with E-state index in [4.69, 9.17) is 0 Å². The van der Waals surface area contributed by atoms with E-state index in [9.17, 15) is 9.59 Å².